The minimum Gasteiger partial charge on any atom is -0.383 e. The van der Waals surface area contributed by atoms with Gasteiger partial charge in [-0.05, 0) is 19.4 Å². The standard InChI is InChI=1S/C9H18F3NO/c1-3-6-13-8(7-14-2)4-5-9(10,11)12/h8,13H,3-7H2,1-2H3. The molecular formula is C9H18F3NO. The lowest BCUT2D eigenvalue weighted by atomic mass is 10.1. The molecular weight excluding hydrogens is 195 g/mol. The van der Waals surface area contributed by atoms with Crippen LogP contribution in [0.25, 0.3) is 0 Å². The average molecular weight is 213 g/mol. The van der Waals surface area contributed by atoms with Crippen LogP contribution >= 0.6 is 0 Å². The fraction of sp³-hybridized carbons (Fsp3) is 1.00. The van der Waals surface area contributed by atoms with E-state index in [9.17, 15) is 13.2 Å². The normalized spacial score (nSPS) is 14.4. The second-order valence-electron chi connectivity index (χ2n) is 3.26. The summed E-state index contributed by atoms with van der Waals surface area (Å²) in [4.78, 5) is 0. The SMILES string of the molecule is CCCNC(CCC(F)(F)F)COC. The summed E-state index contributed by atoms with van der Waals surface area (Å²) in [5.74, 6) is 0. The third-order valence-electron chi connectivity index (χ3n) is 1.83. The zero-order valence-corrected chi connectivity index (χ0v) is 8.66. The number of ether oxygens (including phenoxy) is 1. The van der Waals surface area contributed by atoms with Gasteiger partial charge in [-0.1, -0.05) is 6.92 Å². The Morgan fingerprint density at radius 1 is 1.36 bits per heavy atom. The Bertz CT molecular complexity index is 139. The van der Waals surface area contributed by atoms with E-state index < -0.39 is 12.6 Å². The zero-order valence-electron chi connectivity index (χ0n) is 8.66. The van der Waals surface area contributed by atoms with Crippen LogP contribution in [0.4, 0.5) is 13.2 Å². The Kier molecular flexibility index (Phi) is 6.92. The predicted molar refractivity (Wildman–Crippen MR) is 49.2 cm³/mol. The zero-order chi connectivity index (χ0) is 11.0. The smallest absolute Gasteiger partial charge is 0.383 e. The van der Waals surface area contributed by atoms with Crippen molar-refractivity contribution in [3.8, 4) is 0 Å². The first-order chi connectivity index (χ1) is 6.49. The van der Waals surface area contributed by atoms with Crippen molar-refractivity contribution in [1.82, 2.24) is 5.32 Å². The van der Waals surface area contributed by atoms with Crippen molar-refractivity contribution in [2.45, 2.75) is 38.4 Å². The van der Waals surface area contributed by atoms with Crippen LogP contribution < -0.4 is 5.32 Å². The molecule has 1 N–H and O–H groups in total. The van der Waals surface area contributed by atoms with E-state index in [4.69, 9.17) is 4.74 Å². The monoisotopic (exact) mass is 213 g/mol. The van der Waals surface area contributed by atoms with E-state index >= 15 is 0 Å². The van der Waals surface area contributed by atoms with Crippen molar-refractivity contribution in [2.24, 2.45) is 0 Å². The summed E-state index contributed by atoms with van der Waals surface area (Å²) in [7, 11) is 1.49. The van der Waals surface area contributed by atoms with Crippen LogP contribution in [-0.2, 0) is 4.74 Å². The number of alkyl halides is 3. The molecule has 1 unspecified atom stereocenters. The molecule has 1 atom stereocenters. The number of nitrogens with one attached hydrogen (secondary N) is 1. The Balaban J connectivity index is 3.72. The molecule has 5 heteroatoms. The van der Waals surface area contributed by atoms with Gasteiger partial charge in [0, 0.05) is 19.6 Å². The van der Waals surface area contributed by atoms with Crippen LogP contribution in [0.3, 0.4) is 0 Å². The van der Waals surface area contributed by atoms with E-state index in [0.29, 0.717) is 6.61 Å². The number of methoxy groups -OCH3 is 1. The molecule has 0 aliphatic heterocycles. The van der Waals surface area contributed by atoms with Crippen LogP contribution in [-0.4, -0.2) is 32.5 Å². The van der Waals surface area contributed by atoms with E-state index in [1.807, 2.05) is 6.92 Å². The molecule has 0 fully saturated rings. The summed E-state index contributed by atoms with van der Waals surface area (Å²) in [5, 5.41) is 3.02. The number of halogens is 3. The maximum absolute atomic E-state index is 11.9. The van der Waals surface area contributed by atoms with Gasteiger partial charge in [0.2, 0.25) is 0 Å². The molecule has 0 rings (SSSR count). The number of hydrogen-bond donors (Lipinski definition) is 1. The van der Waals surface area contributed by atoms with E-state index in [1.54, 1.807) is 0 Å². The van der Waals surface area contributed by atoms with Crippen LogP contribution in [0, 0.1) is 0 Å². The first-order valence-electron chi connectivity index (χ1n) is 4.78. The Morgan fingerprint density at radius 2 is 2.00 bits per heavy atom. The fourth-order valence-corrected chi connectivity index (χ4v) is 1.13. The highest BCUT2D eigenvalue weighted by atomic mass is 19.4. The first kappa shape index (κ1) is 13.7. The van der Waals surface area contributed by atoms with Crippen molar-refractivity contribution in [1.29, 1.82) is 0 Å². The predicted octanol–water partition coefficient (Wildman–Crippen LogP) is 2.34. The van der Waals surface area contributed by atoms with E-state index in [0.717, 1.165) is 13.0 Å². The summed E-state index contributed by atoms with van der Waals surface area (Å²) in [6.45, 7) is 3.03. The lowest BCUT2D eigenvalue weighted by Crippen LogP contribution is -2.34. The number of rotatable bonds is 7. The Labute approximate surface area is 82.8 Å². The van der Waals surface area contributed by atoms with Gasteiger partial charge in [0.1, 0.15) is 0 Å². The second-order valence-corrected chi connectivity index (χ2v) is 3.26. The van der Waals surface area contributed by atoms with Crippen LogP contribution in [0.1, 0.15) is 26.2 Å². The molecule has 14 heavy (non-hydrogen) atoms. The van der Waals surface area contributed by atoms with Gasteiger partial charge in [-0.3, -0.25) is 0 Å². The molecule has 0 aliphatic carbocycles. The van der Waals surface area contributed by atoms with Crippen molar-refractivity contribution in [2.75, 3.05) is 20.3 Å². The summed E-state index contributed by atoms with van der Waals surface area (Å²) < 4.78 is 40.6. The topological polar surface area (TPSA) is 21.3 Å². The van der Waals surface area contributed by atoms with Crippen LogP contribution in [0.5, 0.6) is 0 Å². The summed E-state index contributed by atoms with van der Waals surface area (Å²) in [5.41, 5.74) is 0. The Hall–Kier alpha value is -0.290. The minimum absolute atomic E-state index is 0.0807. The van der Waals surface area contributed by atoms with E-state index in [-0.39, 0.29) is 12.5 Å². The second kappa shape index (κ2) is 7.06. The van der Waals surface area contributed by atoms with E-state index in [1.165, 1.54) is 7.11 Å². The van der Waals surface area contributed by atoms with Crippen molar-refractivity contribution >= 4 is 0 Å². The van der Waals surface area contributed by atoms with Gasteiger partial charge >= 0.3 is 6.18 Å². The van der Waals surface area contributed by atoms with Gasteiger partial charge in [-0.15, -0.1) is 0 Å². The highest BCUT2D eigenvalue weighted by Gasteiger charge is 2.28. The molecule has 0 aromatic carbocycles. The highest BCUT2D eigenvalue weighted by molar-refractivity contribution is 4.67. The highest BCUT2D eigenvalue weighted by Crippen LogP contribution is 2.22. The molecule has 86 valence electrons. The summed E-state index contributed by atoms with van der Waals surface area (Å²) in [6.07, 6.45) is -3.83. The molecule has 0 aromatic heterocycles. The van der Waals surface area contributed by atoms with Gasteiger partial charge in [-0.2, -0.15) is 13.2 Å². The third-order valence-corrected chi connectivity index (χ3v) is 1.83. The first-order valence-corrected chi connectivity index (χ1v) is 4.78. The average Bonchev–Trinajstić information content (AvgIpc) is 2.08. The molecule has 0 spiro atoms. The molecule has 0 amide bonds. The lowest BCUT2D eigenvalue weighted by molar-refractivity contribution is -0.137. The molecule has 0 radical (unpaired) electrons. The summed E-state index contributed by atoms with van der Waals surface area (Å²) >= 11 is 0. The van der Waals surface area contributed by atoms with Crippen LogP contribution in [0.2, 0.25) is 0 Å². The minimum atomic E-state index is -4.07. The maximum atomic E-state index is 11.9. The summed E-state index contributed by atoms with van der Waals surface area (Å²) in [6, 6.07) is -0.193. The van der Waals surface area contributed by atoms with Crippen molar-refractivity contribution < 1.29 is 17.9 Å². The fourth-order valence-electron chi connectivity index (χ4n) is 1.13. The molecule has 0 saturated heterocycles. The Morgan fingerprint density at radius 3 is 2.43 bits per heavy atom. The van der Waals surface area contributed by atoms with Crippen LogP contribution in [0.15, 0.2) is 0 Å². The van der Waals surface area contributed by atoms with Crippen molar-refractivity contribution in [3.63, 3.8) is 0 Å². The number of hydrogen-bond acceptors (Lipinski definition) is 2. The van der Waals surface area contributed by atoms with Crippen molar-refractivity contribution in [3.05, 3.63) is 0 Å². The molecule has 0 aromatic rings. The molecule has 0 saturated carbocycles. The van der Waals surface area contributed by atoms with Gasteiger partial charge < -0.3 is 10.1 Å². The quantitative estimate of drug-likeness (QED) is 0.701. The molecule has 0 aliphatic rings. The third kappa shape index (κ3) is 8.31. The lowest BCUT2D eigenvalue weighted by Gasteiger charge is -2.18. The maximum Gasteiger partial charge on any atom is 0.389 e. The molecule has 0 heterocycles. The van der Waals surface area contributed by atoms with E-state index in [2.05, 4.69) is 5.32 Å². The van der Waals surface area contributed by atoms with Gasteiger partial charge in [-0.25, -0.2) is 0 Å². The van der Waals surface area contributed by atoms with Gasteiger partial charge in [0.05, 0.1) is 6.61 Å². The van der Waals surface area contributed by atoms with Gasteiger partial charge in [0.25, 0.3) is 0 Å². The largest absolute Gasteiger partial charge is 0.389 e. The molecule has 0 bridgehead atoms. The van der Waals surface area contributed by atoms with Gasteiger partial charge in [0.15, 0.2) is 0 Å². The molecule has 2 nitrogen and oxygen atoms in total.